The number of piperidine rings is 1. The number of rotatable bonds is 4. The Kier molecular flexibility index (Phi) is 6.57. The number of ether oxygens (including phenoxy) is 1. The number of hydrogen-bond acceptors (Lipinski definition) is 3. The summed E-state index contributed by atoms with van der Waals surface area (Å²) < 4.78 is 21.3. The Hall–Kier alpha value is -3.09. The van der Waals surface area contributed by atoms with Gasteiger partial charge in [0.1, 0.15) is 17.0 Å². The van der Waals surface area contributed by atoms with Crippen LogP contribution in [0.25, 0.3) is 0 Å². The zero-order valence-corrected chi connectivity index (χ0v) is 22.1. The average molecular weight is 553 g/mol. The van der Waals surface area contributed by atoms with Gasteiger partial charge in [0.15, 0.2) is 0 Å². The lowest BCUT2D eigenvalue weighted by Gasteiger charge is -2.46. The summed E-state index contributed by atoms with van der Waals surface area (Å²) in [6.07, 6.45) is 5.17. The van der Waals surface area contributed by atoms with Crippen LogP contribution < -0.4 is 15.4 Å². The number of nitrogens with one attached hydrogen (secondary N) is 2. The zero-order valence-electron chi connectivity index (χ0n) is 20.6. The molecule has 5 nitrogen and oxygen atoms in total. The minimum atomic E-state index is -1.29. The summed E-state index contributed by atoms with van der Waals surface area (Å²) in [5.74, 6) is -1.11. The van der Waals surface area contributed by atoms with E-state index in [1.807, 2.05) is 18.2 Å². The molecule has 3 aliphatic rings. The number of carbonyl (C=O) groups excluding carboxylic acids is 2. The Morgan fingerprint density at radius 3 is 2.50 bits per heavy atom. The number of hydrogen-bond donors (Lipinski definition) is 2. The van der Waals surface area contributed by atoms with Crippen molar-refractivity contribution in [2.75, 3.05) is 5.32 Å². The number of fused-ring (bicyclic) bond motifs is 2. The third kappa shape index (κ3) is 4.24. The lowest BCUT2D eigenvalue weighted by molar-refractivity contribution is -0.131. The first kappa shape index (κ1) is 25.2. The van der Waals surface area contributed by atoms with Gasteiger partial charge in [0.05, 0.1) is 12.1 Å². The Morgan fingerprint density at radius 2 is 1.71 bits per heavy atom. The van der Waals surface area contributed by atoms with E-state index in [1.54, 1.807) is 30.3 Å². The predicted octanol–water partition coefficient (Wildman–Crippen LogP) is 7.08. The SMILES string of the molecule is O=C1CC(c2cccc(Cl)c2)C2(C(=O)Nc3cc(Cl)ccc32)C(c2cc(F)ccc2OC2CCCCC2)N1. The normalized spacial score (nSPS) is 25.1. The maximum absolute atomic E-state index is 14.9. The highest BCUT2D eigenvalue weighted by atomic mass is 35.5. The maximum Gasteiger partial charge on any atom is 0.238 e. The van der Waals surface area contributed by atoms with E-state index >= 15 is 0 Å². The Labute approximate surface area is 230 Å². The molecule has 3 unspecified atom stereocenters. The highest BCUT2D eigenvalue weighted by molar-refractivity contribution is 6.31. The average Bonchev–Trinajstić information content (AvgIpc) is 3.18. The monoisotopic (exact) mass is 552 g/mol. The summed E-state index contributed by atoms with van der Waals surface area (Å²) in [5, 5.41) is 7.04. The molecule has 1 saturated heterocycles. The first-order valence-electron chi connectivity index (χ1n) is 13.0. The fourth-order valence-electron chi connectivity index (χ4n) is 6.48. The Morgan fingerprint density at radius 1 is 0.921 bits per heavy atom. The first-order chi connectivity index (χ1) is 18.4. The molecule has 6 rings (SSSR count). The number of halogens is 3. The molecular formula is C30H27Cl2FN2O3. The number of anilines is 1. The minimum Gasteiger partial charge on any atom is -0.490 e. The van der Waals surface area contributed by atoms with Gasteiger partial charge in [-0.3, -0.25) is 9.59 Å². The summed E-state index contributed by atoms with van der Waals surface area (Å²) in [6, 6.07) is 15.9. The summed E-state index contributed by atoms with van der Waals surface area (Å²) in [7, 11) is 0. The number of carbonyl (C=O) groups is 2. The van der Waals surface area contributed by atoms with E-state index in [4.69, 9.17) is 27.9 Å². The van der Waals surface area contributed by atoms with Gasteiger partial charge in [0.2, 0.25) is 11.8 Å². The highest BCUT2D eigenvalue weighted by Crippen LogP contribution is 2.58. The van der Waals surface area contributed by atoms with Crippen LogP contribution in [0.2, 0.25) is 10.0 Å². The topological polar surface area (TPSA) is 67.4 Å². The molecule has 3 aromatic rings. The van der Waals surface area contributed by atoms with Gasteiger partial charge >= 0.3 is 0 Å². The summed E-state index contributed by atoms with van der Waals surface area (Å²) >= 11 is 12.7. The van der Waals surface area contributed by atoms with Gasteiger partial charge in [0.25, 0.3) is 0 Å². The van der Waals surface area contributed by atoms with Crippen LogP contribution in [0.3, 0.4) is 0 Å². The van der Waals surface area contributed by atoms with Crippen LogP contribution in [0.5, 0.6) is 5.75 Å². The standard InChI is InChI=1S/C30H27Cl2FN2O3/c31-18-6-4-5-17(13-18)24-16-27(36)35-28(30(24)23-11-9-19(32)14-25(23)34-29(30)37)22-15-20(33)10-12-26(22)38-21-7-2-1-3-8-21/h4-6,9-15,21,24,28H,1-3,7-8,16H2,(H,34,37)(H,35,36). The summed E-state index contributed by atoms with van der Waals surface area (Å²) in [6.45, 7) is 0. The molecule has 0 bridgehead atoms. The molecule has 1 spiro atoms. The lowest BCUT2D eigenvalue weighted by Crippen LogP contribution is -2.57. The third-order valence-electron chi connectivity index (χ3n) is 8.13. The molecule has 8 heteroatoms. The van der Waals surface area contributed by atoms with E-state index < -0.39 is 23.2 Å². The van der Waals surface area contributed by atoms with Crippen molar-refractivity contribution >= 4 is 40.7 Å². The quantitative estimate of drug-likeness (QED) is 0.363. The smallest absolute Gasteiger partial charge is 0.238 e. The molecular weight excluding hydrogens is 526 g/mol. The van der Waals surface area contributed by atoms with E-state index in [2.05, 4.69) is 10.6 Å². The van der Waals surface area contributed by atoms with E-state index in [0.717, 1.165) is 31.2 Å². The molecule has 196 valence electrons. The van der Waals surface area contributed by atoms with Crippen LogP contribution in [-0.2, 0) is 15.0 Å². The molecule has 2 fully saturated rings. The van der Waals surface area contributed by atoms with Gasteiger partial charge < -0.3 is 15.4 Å². The largest absolute Gasteiger partial charge is 0.490 e. The first-order valence-corrected chi connectivity index (χ1v) is 13.7. The van der Waals surface area contributed by atoms with Gasteiger partial charge in [-0.1, -0.05) is 47.8 Å². The molecule has 1 aliphatic carbocycles. The van der Waals surface area contributed by atoms with Gasteiger partial charge in [-0.25, -0.2) is 4.39 Å². The van der Waals surface area contributed by atoms with Crippen molar-refractivity contribution in [2.24, 2.45) is 0 Å². The Balaban J connectivity index is 1.57. The predicted molar refractivity (Wildman–Crippen MR) is 145 cm³/mol. The molecule has 0 radical (unpaired) electrons. The number of benzene rings is 3. The van der Waals surface area contributed by atoms with Crippen LogP contribution in [0.1, 0.15) is 67.2 Å². The minimum absolute atomic E-state index is 0.00423. The number of amides is 2. The molecule has 1 saturated carbocycles. The summed E-state index contributed by atoms with van der Waals surface area (Å²) in [5.41, 5.74) is 1.16. The van der Waals surface area contributed by atoms with Crippen LogP contribution in [0.15, 0.2) is 60.7 Å². The van der Waals surface area contributed by atoms with Gasteiger partial charge in [0, 0.05) is 33.6 Å². The molecule has 2 aliphatic heterocycles. The molecule has 2 N–H and O–H groups in total. The molecule has 3 aromatic carbocycles. The van der Waals surface area contributed by atoms with E-state index in [0.29, 0.717) is 32.6 Å². The second-order valence-electron chi connectivity index (χ2n) is 10.4. The molecule has 2 amide bonds. The van der Waals surface area contributed by atoms with Crippen molar-refractivity contribution in [3.63, 3.8) is 0 Å². The van der Waals surface area contributed by atoms with Crippen molar-refractivity contribution in [2.45, 2.75) is 62.0 Å². The van der Waals surface area contributed by atoms with Crippen LogP contribution >= 0.6 is 23.2 Å². The van der Waals surface area contributed by atoms with E-state index in [1.165, 1.54) is 18.6 Å². The summed E-state index contributed by atoms with van der Waals surface area (Å²) in [4.78, 5) is 27.5. The molecule has 3 atom stereocenters. The lowest BCUT2D eigenvalue weighted by atomic mass is 9.59. The highest BCUT2D eigenvalue weighted by Gasteiger charge is 2.61. The third-order valence-corrected chi connectivity index (χ3v) is 8.60. The van der Waals surface area contributed by atoms with Crippen LogP contribution in [0, 0.1) is 5.82 Å². The maximum atomic E-state index is 14.9. The second kappa shape index (κ2) is 9.90. The van der Waals surface area contributed by atoms with Gasteiger partial charge in [-0.05, 0) is 79.3 Å². The van der Waals surface area contributed by atoms with Gasteiger partial charge in [-0.15, -0.1) is 0 Å². The van der Waals surface area contributed by atoms with E-state index in [9.17, 15) is 14.0 Å². The van der Waals surface area contributed by atoms with Crippen molar-refractivity contribution in [1.29, 1.82) is 0 Å². The Bertz CT molecular complexity index is 1420. The zero-order chi connectivity index (χ0) is 26.4. The van der Waals surface area contributed by atoms with Crippen molar-refractivity contribution in [1.82, 2.24) is 5.32 Å². The van der Waals surface area contributed by atoms with E-state index in [-0.39, 0.29) is 24.3 Å². The van der Waals surface area contributed by atoms with Crippen molar-refractivity contribution in [3.05, 3.63) is 93.2 Å². The second-order valence-corrected chi connectivity index (χ2v) is 11.3. The van der Waals surface area contributed by atoms with Gasteiger partial charge in [-0.2, -0.15) is 0 Å². The van der Waals surface area contributed by atoms with Crippen molar-refractivity contribution in [3.8, 4) is 5.75 Å². The van der Waals surface area contributed by atoms with Crippen molar-refractivity contribution < 1.29 is 18.7 Å². The molecule has 2 heterocycles. The molecule has 0 aromatic heterocycles. The molecule has 38 heavy (non-hydrogen) atoms. The van der Waals surface area contributed by atoms with Crippen LogP contribution in [-0.4, -0.2) is 17.9 Å². The van der Waals surface area contributed by atoms with Crippen LogP contribution in [0.4, 0.5) is 10.1 Å². The fourth-order valence-corrected chi connectivity index (χ4v) is 6.86. The fraction of sp³-hybridized carbons (Fsp3) is 0.333.